The van der Waals surface area contributed by atoms with Gasteiger partial charge in [0.05, 0.1) is 6.61 Å². The van der Waals surface area contributed by atoms with Crippen LogP contribution in [0.3, 0.4) is 0 Å². The first kappa shape index (κ1) is 13.3. The van der Waals surface area contributed by atoms with Gasteiger partial charge in [0.15, 0.2) is 0 Å². The van der Waals surface area contributed by atoms with Crippen LogP contribution in [0.5, 0.6) is 0 Å². The van der Waals surface area contributed by atoms with Crippen molar-refractivity contribution in [2.24, 2.45) is 5.92 Å². The molecule has 3 nitrogen and oxygen atoms in total. The molecule has 1 saturated carbocycles. The maximum atomic E-state index is 8.98. The highest BCUT2D eigenvalue weighted by Crippen LogP contribution is 2.24. The number of nitrogens with zero attached hydrogens (tertiary/aromatic N) is 2. The van der Waals surface area contributed by atoms with Crippen LogP contribution in [0, 0.1) is 5.92 Å². The van der Waals surface area contributed by atoms with E-state index in [-0.39, 0.29) is 0 Å². The van der Waals surface area contributed by atoms with Crippen molar-refractivity contribution >= 4 is 0 Å². The molecule has 0 unspecified atom stereocenters. The van der Waals surface area contributed by atoms with E-state index >= 15 is 0 Å². The maximum Gasteiger partial charge on any atom is 0.0558 e. The molecular formula is C14H28N2O. The van der Waals surface area contributed by atoms with Crippen molar-refractivity contribution in [2.75, 3.05) is 45.9 Å². The van der Waals surface area contributed by atoms with Crippen molar-refractivity contribution < 1.29 is 5.11 Å². The second-order valence-corrected chi connectivity index (χ2v) is 5.72. The van der Waals surface area contributed by atoms with Crippen LogP contribution in [0.25, 0.3) is 0 Å². The molecule has 100 valence electrons. The summed E-state index contributed by atoms with van der Waals surface area (Å²) in [5.41, 5.74) is 0. The molecule has 0 aromatic rings. The van der Waals surface area contributed by atoms with E-state index in [4.69, 9.17) is 5.11 Å². The Morgan fingerprint density at radius 3 is 2.29 bits per heavy atom. The Hall–Kier alpha value is -0.120. The Morgan fingerprint density at radius 1 is 0.824 bits per heavy atom. The van der Waals surface area contributed by atoms with Gasteiger partial charge in [-0.1, -0.05) is 19.3 Å². The Morgan fingerprint density at radius 2 is 1.53 bits per heavy atom. The Bertz CT molecular complexity index is 204. The molecule has 0 bridgehead atoms. The lowest BCUT2D eigenvalue weighted by atomic mass is 9.89. The molecule has 0 atom stereocenters. The van der Waals surface area contributed by atoms with Gasteiger partial charge in [-0.15, -0.1) is 0 Å². The van der Waals surface area contributed by atoms with E-state index in [1.807, 2.05) is 0 Å². The minimum atomic E-state index is 0.308. The van der Waals surface area contributed by atoms with E-state index < -0.39 is 0 Å². The molecule has 0 aromatic carbocycles. The highest BCUT2D eigenvalue weighted by Gasteiger charge is 2.19. The molecule has 2 rings (SSSR count). The predicted molar refractivity (Wildman–Crippen MR) is 71.2 cm³/mol. The van der Waals surface area contributed by atoms with E-state index in [2.05, 4.69) is 9.80 Å². The Balaban J connectivity index is 1.70. The van der Waals surface area contributed by atoms with Gasteiger partial charge in [0, 0.05) is 26.2 Å². The number of β-amino-alcohol motifs (C(OH)–C–C–N with tert-alkyl or cyclic N) is 1. The van der Waals surface area contributed by atoms with Crippen molar-refractivity contribution in [1.29, 1.82) is 0 Å². The number of aliphatic hydroxyl groups is 1. The molecule has 1 heterocycles. The lowest BCUT2D eigenvalue weighted by molar-refractivity contribution is 0.184. The third kappa shape index (κ3) is 4.57. The summed E-state index contributed by atoms with van der Waals surface area (Å²) in [6, 6.07) is 0. The second-order valence-electron chi connectivity index (χ2n) is 5.72. The summed E-state index contributed by atoms with van der Waals surface area (Å²) in [7, 11) is 0. The summed E-state index contributed by atoms with van der Waals surface area (Å²) in [6.07, 6.45) is 8.55. The fourth-order valence-corrected chi connectivity index (χ4v) is 3.31. The van der Waals surface area contributed by atoms with E-state index in [9.17, 15) is 0 Å². The van der Waals surface area contributed by atoms with Gasteiger partial charge in [-0.2, -0.15) is 0 Å². The summed E-state index contributed by atoms with van der Waals surface area (Å²) in [5.74, 6) is 0.966. The average Bonchev–Trinajstić information content (AvgIpc) is 2.57. The molecule has 0 amide bonds. The number of hydrogen-bond donors (Lipinski definition) is 1. The smallest absolute Gasteiger partial charge is 0.0558 e. The fraction of sp³-hybridized carbons (Fsp3) is 1.00. The quantitative estimate of drug-likeness (QED) is 0.808. The van der Waals surface area contributed by atoms with E-state index in [0.29, 0.717) is 6.61 Å². The molecule has 1 aliphatic carbocycles. The molecule has 0 radical (unpaired) electrons. The van der Waals surface area contributed by atoms with Gasteiger partial charge in [0.25, 0.3) is 0 Å². The van der Waals surface area contributed by atoms with Crippen molar-refractivity contribution in [2.45, 2.75) is 38.5 Å². The molecule has 17 heavy (non-hydrogen) atoms. The third-order valence-electron chi connectivity index (χ3n) is 4.34. The van der Waals surface area contributed by atoms with E-state index in [1.165, 1.54) is 64.7 Å². The summed E-state index contributed by atoms with van der Waals surface area (Å²) in [4.78, 5) is 5.06. The van der Waals surface area contributed by atoms with Crippen LogP contribution < -0.4 is 0 Å². The maximum absolute atomic E-state index is 8.98. The van der Waals surface area contributed by atoms with Crippen LogP contribution >= 0.6 is 0 Å². The van der Waals surface area contributed by atoms with Crippen molar-refractivity contribution in [3.05, 3.63) is 0 Å². The van der Waals surface area contributed by atoms with Crippen LogP contribution in [0.1, 0.15) is 38.5 Å². The zero-order valence-electron chi connectivity index (χ0n) is 11.1. The van der Waals surface area contributed by atoms with Gasteiger partial charge >= 0.3 is 0 Å². The molecule has 2 aliphatic rings. The first-order chi connectivity index (χ1) is 8.38. The van der Waals surface area contributed by atoms with Crippen LogP contribution in [0.15, 0.2) is 0 Å². The largest absolute Gasteiger partial charge is 0.395 e. The first-order valence-corrected chi connectivity index (χ1v) is 7.44. The molecule has 1 N–H and O–H groups in total. The standard InChI is InChI=1S/C14H28N2O/c17-12-11-15-7-4-8-16(10-9-15)13-14-5-2-1-3-6-14/h14,17H,1-13H2. The van der Waals surface area contributed by atoms with Crippen LogP contribution in [0.2, 0.25) is 0 Å². The number of hydrogen-bond acceptors (Lipinski definition) is 3. The fourth-order valence-electron chi connectivity index (χ4n) is 3.31. The first-order valence-electron chi connectivity index (χ1n) is 7.44. The molecule has 0 aromatic heterocycles. The van der Waals surface area contributed by atoms with Gasteiger partial charge < -0.3 is 10.0 Å². The van der Waals surface area contributed by atoms with E-state index in [1.54, 1.807) is 0 Å². The topological polar surface area (TPSA) is 26.7 Å². The Kier molecular flexibility index (Phi) is 5.75. The normalized spacial score (nSPS) is 25.9. The zero-order valence-corrected chi connectivity index (χ0v) is 11.1. The molecule has 0 spiro atoms. The highest BCUT2D eigenvalue weighted by molar-refractivity contribution is 4.74. The zero-order chi connectivity index (χ0) is 11.9. The minimum Gasteiger partial charge on any atom is -0.395 e. The van der Waals surface area contributed by atoms with Gasteiger partial charge in [-0.05, 0) is 38.3 Å². The highest BCUT2D eigenvalue weighted by atomic mass is 16.3. The van der Waals surface area contributed by atoms with Crippen LogP contribution in [0.4, 0.5) is 0 Å². The second kappa shape index (κ2) is 7.34. The molecular weight excluding hydrogens is 212 g/mol. The molecule has 3 heteroatoms. The van der Waals surface area contributed by atoms with E-state index in [0.717, 1.165) is 19.0 Å². The summed E-state index contributed by atoms with van der Waals surface area (Å²) >= 11 is 0. The lowest BCUT2D eigenvalue weighted by Crippen LogP contribution is -2.35. The van der Waals surface area contributed by atoms with Crippen LogP contribution in [-0.2, 0) is 0 Å². The molecule has 2 fully saturated rings. The van der Waals surface area contributed by atoms with Crippen molar-refractivity contribution in [3.63, 3.8) is 0 Å². The predicted octanol–water partition coefficient (Wildman–Crippen LogP) is 1.57. The van der Waals surface area contributed by atoms with Gasteiger partial charge in [-0.25, -0.2) is 0 Å². The molecule has 1 aliphatic heterocycles. The Labute approximate surface area is 106 Å². The number of aliphatic hydroxyl groups excluding tert-OH is 1. The third-order valence-corrected chi connectivity index (χ3v) is 4.34. The molecule has 1 saturated heterocycles. The number of rotatable bonds is 4. The SMILES string of the molecule is OCCN1CCCN(CC2CCCCC2)CC1. The minimum absolute atomic E-state index is 0.308. The van der Waals surface area contributed by atoms with Crippen LogP contribution in [-0.4, -0.2) is 60.8 Å². The summed E-state index contributed by atoms with van der Waals surface area (Å²) in [6.45, 7) is 7.27. The monoisotopic (exact) mass is 240 g/mol. The van der Waals surface area contributed by atoms with Gasteiger partial charge in [-0.3, -0.25) is 4.90 Å². The lowest BCUT2D eigenvalue weighted by Gasteiger charge is -2.28. The summed E-state index contributed by atoms with van der Waals surface area (Å²) < 4.78 is 0. The average molecular weight is 240 g/mol. The summed E-state index contributed by atoms with van der Waals surface area (Å²) in [5, 5.41) is 8.98. The van der Waals surface area contributed by atoms with Crippen molar-refractivity contribution in [1.82, 2.24) is 9.80 Å². The van der Waals surface area contributed by atoms with Gasteiger partial charge in [0.2, 0.25) is 0 Å². The van der Waals surface area contributed by atoms with Crippen molar-refractivity contribution in [3.8, 4) is 0 Å². The van der Waals surface area contributed by atoms with Gasteiger partial charge in [0.1, 0.15) is 0 Å².